The van der Waals surface area contributed by atoms with E-state index in [9.17, 15) is 9.59 Å². The second-order valence-electron chi connectivity index (χ2n) is 8.00. The van der Waals surface area contributed by atoms with Crippen molar-refractivity contribution in [3.63, 3.8) is 0 Å². The Morgan fingerprint density at radius 3 is 2.50 bits per heavy atom. The number of aliphatic carboxylic acids is 1. The van der Waals surface area contributed by atoms with Crippen molar-refractivity contribution in [1.29, 1.82) is 0 Å². The Hall–Kier alpha value is -2.01. The number of amides is 1. The van der Waals surface area contributed by atoms with E-state index in [0.717, 1.165) is 11.1 Å². The highest BCUT2D eigenvalue weighted by molar-refractivity contribution is 7.80. The first-order valence-electron chi connectivity index (χ1n) is 9.62. The zero-order chi connectivity index (χ0) is 21.3. The molecule has 0 fully saturated rings. The van der Waals surface area contributed by atoms with E-state index in [-0.39, 0.29) is 11.2 Å². The number of carboxylic acid groups (broad SMARTS) is 1. The van der Waals surface area contributed by atoms with E-state index in [1.165, 1.54) is 36.5 Å². The lowest BCUT2D eigenvalue weighted by Crippen LogP contribution is -2.41. The molecule has 4 nitrogen and oxygen atoms in total. The van der Waals surface area contributed by atoms with Crippen LogP contribution in [0.25, 0.3) is 0 Å². The third-order valence-electron chi connectivity index (χ3n) is 4.93. The summed E-state index contributed by atoms with van der Waals surface area (Å²) in [5.74, 6) is -1.49. The summed E-state index contributed by atoms with van der Waals surface area (Å²) in [7, 11) is 0. The van der Waals surface area contributed by atoms with Crippen LogP contribution in [0.2, 0.25) is 0 Å². The minimum Gasteiger partial charge on any atom is -0.480 e. The number of hydrogen-bond acceptors (Lipinski definition) is 3. The maximum atomic E-state index is 11.8. The summed E-state index contributed by atoms with van der Waals surface area (Å²) in [6, 6.07) is -0.988. The molecule has 2 N–H and O–H groups in total. The predicted octanol–water partition coefficient (Wildman–Crippen LogP) is 5.02. The zero-order valence-electron chi connectivity index (χ0n) is 17.6. The Kier molecular flexibility index (Phi) is 9.53. The van der Waals surface area contributed by atoms with Crippen LogP contribution in [-0.4, -0.2) is 28.8 Å². The number of rotatable bonds is 8. The summed E-state index contributed by atoms with van der Waals surface area (Å²) >= 11 is 3.93. The fourth-order valence-corrected chi connectivity index (χ4v) is 3.53. The highest BCUT2D eigenvalue weighted by atomic mass is 32.1. The zero-order valence-corrected chi connectivity index (χ0v) is 18.5. The summed E-state index contributed by atoms with van der Waals surface area (Å²) in [6.07, 6.45) is 15.1. The van der Waals surface area contributed by atoms with Crippen molar-refractivity contribution in [3.8, 4) is 0 Å². The molecule has 0 bridgehead atoms. The molecule has 1 atom stereocenters. The minimum absolute atomic E-state index is 0.0464. The first-order chi connectivity index (χ1) is 13.1. The van der Waals surface area contributed by atoms with Crippen molar-refractivity contribution in [2.24, 2.45) is 5.41 Å². The van der Waals surface area contributed by atoms with E-state index in [1.807, 2.05) is 25.2 Å². The molecule has 0 radical (unpaired) electrons. The van der Waals surface area contributed by atoms with Crippen molar-refractivity contribution in [1.82, 2.24) is 5.32 Å². The number of carbonyl (C=O) groups is 2. The van der Waals surface area contributed by atoms with Crippen LogP contribution in [-0.2, 0) is 9.59 Å². The Balaban J connectivity index is 2.72. The van der Waals surface area contributed by atoms with E-state index < -0.39 is 17.9 Å². The van der Waals surface area contributed by atoms with Gasteiger partial charge >= 0.3 is 5.97 Å². The van der Waals surface area contributed by atoms with Gasteiger partial charge in [0.05, 0.1) is 0 Å². The van der Waals surface area contributed by atoms with Gasteiger partial charge in [0.1, 0.15) is 6.04 Å². The molecule has 0 aromatic rings. The lowest BCUT2D eigenvalue weighted by Gasteiger charge is -2.32. The van der Waals surface area contributed by atoms with Crippen molar-refractivity contribution in [3.05, 3.63) is 58.7 Å². The molecule has 1 amide bonds. The van der Waals surface area contributed by atoms with Gasteiger partial charge in [0.2, 0.25) is 5.91 Å². The highest BCUT2D eigenvalue weighted by Gasteiger charge is 2.26. The summed E-state index contributed by atoms with van der Waals surface area (Å²) in [6.45, 7) is 10.7. The van der Waals surface area contributed by atoms with Gasteiger partial charge in [-0.2, -0.15) is 12.6 Å². The summed E-state index contributed by atoms with van der Waals surface area (Å²) in [5.41, 5.74) is 4.99. The molecule has 154 valence electrons. The smallest absolute Gasteiger partial charge is 0.327 e. The lowest BCUT2D eigenvalue weighted by molar-refractivity contribution is -0.140. The van der Waals surface area contributed by atoms with Crippen LogP contribution in [0.15, 0.2) is 58.7 Å². The Morgan fingerprint density at radius 1 is 1.25 bits per heavy atom. The van der Waals surface area contributed by atoms with Gasteiger partial charge in [-0.3, -0.25) is 4.79 Å². The monoisotopic (exact) mass is 403 g/mol. The number of thiol groups is 1. The second kappa shape index (κ2) is 11.1. The maximum absolute atomic E-state index is 11.8. The number of nitrogens with one attached hydrogen (secondary N) is 1. The molecule has 0 aliphatic heterocycles. The molecule has 5 heteroatoms. The molecule has 0 aromatic carbocycles. The van der Waals surface area contributed by atoms with Crippen LogP contribution in [0, 0.1) is 5.41 Å². The van der Waals surface area contributed by atoms with Crippen LogP contribution < -0.4 is 5.32 Å². The van der Waals surface area contributed by atoms with E-state index in [1.54, 1.807) is 6.92 Å². The van der Waals surface area contributed by atoms with Crippen LogP contribution in [0.5, 0.6) is 0 Å². The molecule has 1 rings (SSSR count). The van der Waals surface area contributed by atoms with Crippen LogP contribution >= 0.6 is 12.6 Å². The fourth-order valence-electron chi connectivity index (χ4n) is 3.29. The Labute approximate surface area is 174 Å². The maximum Gasteiger partial charge on any atom is 0.327 e. The summed E-state index contributed by atoms with van der Waals surface area (Å²) in [4.78, 5) is 22.8. The third-order valence-corrected chi connectivity index (χ3v) is 5.29. The SMILES string of the molecule is CC1=C(/C=C/C(C)=C/C=C/C(C)=C/C(=O)N[C@@H](CS)C(=O)O)C(C)(C)CCC1. The topological polar surface area (TPSA) is 66.4 Å². The van der Waals surface area contributed by atoms with Crippen molar-refractivity contribution >= 4 is 24.5 Å². The van der Waals surface area contributed by atoms with E-state index in [0.29, 0.717) is 0 Å². The van der Waals surface area contributed by atoms with Gasteiger partial charge in [0.15, 0.2) is 0 Å². The molecule has 1 aliphatic carbocycles. The lowest BCUT2D eigenvalue weighted by atomic mass is 9.72. The average molecular weight is 404 g/mol. The minimum atomic E-state index is -1.10. The molecule has 0 saturated carbocycles. The molecule has 0 heterocycles. The third kappa shape index (κ3) is 7.93. The average Bonchev–Trinajstić information content (AvgIpc) is 2.58. The molecule has 1 aliphatic rings. The normalized spacial score (nSPS) is 19.4. The van der Waals surface area contributed by atoms with Gasteiger partial charge in [-0.1, -0.05) is 55.4 Å². The van der Waals surface area contributed by atoms with Gasteiger partial charge in [0.25, 0.3) is 0 Å². The van der Waals surface area contributed by atoms with Gasteiger partial charge in [0, 0.05) is 11.8 Å². The van der Waals surface area contributed by atoms with Gasteiger partial charge in [-0.05, 0) is 56.6 Å². The van der Waals surface area contributed by atoms with Gasteiger partial charge in [-0.15, -0.1) is 0 Å². The quantitative estimate of drug-likeness (QED) is 0.303. The van der Waals surface area contributed by atoms with E-state index >= 15 is 0 Å². The van der Waals surface area contributed by atoms with Gasteiger partial charge in [-0.25, -0.2) is 4.79 Å². The van der Waals surface area contributed by atoms with E-state index in [4.69, 9.17) is 5.11 Å². The molecule has 0 saturated heterocycles. The fraction of sp³-hybridized carbons (Fsp3) is 0.478. The van der Waals surface area contributed by atoms with Crippen molar-refractivity contribution < 1.29 is 14.7 Å². The van der Waals surface area contributed by atoms with Crippen molar-refractivity contribution in [2.45, 2.75) is 59.9 Å². The summed E-state index contributed by atoms with van der Waals surface area (Å²) in [5, 5.41) is 11.3. The molecule has 0 aromatic heterocycles. The number of allylic oxidation sites excluding steroid dienone is 9. The number of carboxylic acids is 1. The number of hydrogen-bond donors (Lipinski definition) is 3. The standard InChI is InChI=1S/C23H33NO3S/c1-16(11-12-19-18(3)10-7-13-23(19,4)5)8-6-9-17(2)14-21(25)24-20(15-28)22(26)27/h6,8-9,11-12,14,20,28H,7,10,13,15H2,1-5H3,(H,24,25)(H,26,27)/b9-6+,12-11+,16-8+,17-14+/t20-/m0/s1. The second-order valence-corrected chi connectivity index (χ2v) is 8.37. The number of carbonyl (C=O) groups excluding carboxylic acids is 1. The molecule has 28 heavy (non-hydrogen) atoms. The highest BCUT2D eigenvalue weighted by Crippen LogP contribution is 2.40. The Morgan fingerprint density at radius 2 is 1.93 bits per heavy atom. The van der Waals surface area contributed by atoms with Gasteiger partial charge < -0.3 is 10.4 Å². The van der Waals surface area contributed by atoms with Crippen LogP contribution in [0.3, 0.4) is 0 Å². The van der Waals surface area contributed by atoms with Crippen molar-refractivity contribution in [2.75, 3.05) is 5.75 Å². The predicted molar refractivity (Wildman–Crippen MR) is 120 cm³/mol. The molecule has 0 unspecified atom stereocenters. The first-order valence-corrected chi connectivity index (χ1v) is 10.3. The Bertz CT molecular complexity index is 739. The summed E-state index contributed by atoms with van der Waals surface area (Å²) < 4.78 is 0. The molecular formula is C23H33NO3S. The van der Waals surface area contributed by atoms with E-state index in [2.05, 4.69) is 50.9 Å². The van der Waals surface area contributed by atoms with Crippen LogP contribution in [0.1, 0.15) is 53.9 Å². The molecule has 0 spiro atoms. The first kappa shape index (κ1) is 24.0. The largest absolute Gasteiger partial charge is 0.480 e. The van der Waals surface area contributed by atoms with Crippen LogP contribution in [0.4, 0.5) is 0 Å². The molecular weight excluding hydrogens is 370 g/mol.